The number of hydrogen-bond donors (Lipinski definition) is 0. The van der Waals surface area contributed by atoms with Crippen LogP contribution in [0, 0.1) is 3.90 Å². The lowest BCUT2D eigenvalue weighted by Gasteiger charge is -2.05. The molecule has 16 heavy (non-hydrogen) atoms. The van der Waals surface area contributed by atoms with Crippen LogP contribution in [0.3, 0.4) is 0 Å². The molecule has 0 aliphatic carbocycles. The van der Waals surface area contributed by atoms with Crippen molar-refractivity contribution in [3.05, 3.63) is 27.8 Å². The Morgan fingerprint density at radius 3 is 2.38 bits per heavy atom. The maximum atomic E-state index is 12.2. The summed E-state index contributed by atoms with van der Waals surface area (Å²) in [6.45, 7) is 0. The van der Waals surface area contributed by atoms with E-state index in [4.69, 9.17) is 4.42 Å². The molecule has 8 heteroatoms. The van der Waals surface area contributed by atoms with E-state index in [1.165, 1.54) is 6.07 Å². The summed E-state index contributed by atoms with van der Waals surface area (Å²) in [5, 5.41) is 7.18. The summed E-state index contributed by atoms with van der Waals surface area (Å²) in [5.74, 6) is 0.0955. The minimum Gasteiger partial charge on any atom is -0.410 e. The molecule has 0 aliphatic rings. The Labute approximate surface area is 101 Å². The molecular weight excluding hydrogens is 338 g/mol. The first-order valence-electron chi connectivity index (χ1n) is 3.99. The zero-order chi connectivity index (χ0) is 11.8. The van der Waals surface area contributed by atoms with Crippen LogP contribution in [0.4, 0.5) is 13.2 Å². The van der Waals surface area contributed by atoms with Gasteiger partial charge in [-0.1, -0.05) is 0 Å². The van der Waals surface area contributed by atoms with Crippen molar-refractivity contribution in [2.45, 2.75) is 6.18 Å². The first-order valence-corrected chi connectivity index (χ1v) is 5.07. The Bertz CT molecular complexity index is 494. The zero-order valence-corrected chi connectivity index (χ0v) is 9.65. The minimum atomic E-state index is -4.39. The van der Waals surface area contributed by atoms with Gasteiger partial charge in [-0.15, -0.1) is 10.2 Å². The van der Waals surface area contributed by atoms with Crippen LogP contribution in [0.25, 0.3) is 11.6 Å². The Balaban J connectivity index is 2.33. The molecule has 0 saturated carbocycles. The first kappa shape index (κ1) is 11.3. The average molecular weight is 341 g/mol. The molecule has 0 radical (unpaired) electrons. The van der Waals surface area contributed by atoms with Gasteiger partial charge in [0.15, 0.2) is 0 Å². The molecule has 2 aromatic rings. The number of aromatic nitrogens is 3. The predicted molar refractivity (Wildman–Crippen MR) is 55.2 cm³/mol. The molecule has 0 atom stereocenters. The van der Waals surface area contributed by atoms with Gasteiger partial charge in [0.05, 0.1) is 5.56 Å². The van der Waals surface area contributed by atoms with E-state index in [9.17, 15) is 13.2 Å². The van der Waals surface area contributed by atoms with Crippen LogP contribution in [0.1, 0.15) is 5.56 Å². The summed E-state index contributed by atoms with van der Waals surface area (Å²) in [5.41, 5.74) is -0.603. The highest BCUT2D eigenvalue weighted by Gasteiger charge is 2.30. The summed E-state index contributed by atoms with van der Waals surface area (Å²) in [4.78, 5) is 3.61. The van der Waals surface area contributed by atoms with Gasteiger partial charge in [0.2, 0.25) is 0 Å². The van der Waals surface area contributed by atoms with E-state index in [1.54, 1.807) is 22.6 Å². The van der Waals surface area contributed by atoms with Crippen LogP contribution in [0.2, 0.25) is 0 Å². The highest BCUT2D eigenvalue weighted by molar-refractivity contribution is 14.1. The second kappa shape index (κ2) is 4.00. The molecule has 0 unspecified atom stereocenters. The summed E-state index contributed by atoms with van der Waals surface area (Å²) in [6, 6.07) is 2.10. The smallest absolute Gasteiger partial charge is 0.410 e. The van der Waals surface area contributed by atoms with Crippen LogP contribution in [-0.4, -0.2) is 15.2 Å². The van der Waals surface area contributed by atoms with Gasteiger partial charge in [-0.2, -0.15) is 13.2 Å². The van der Waals surface area contributed by atoms with Gasteiger partial charge < -0.3 is 4.42 Å². The topological polar surface area (TPSA) is 51.8 Å². The molecule has 0 saturated heterocycles. The lowest BCUT2D eigenvalue weighted by Crippen LogP contribution is -2.05. The molecule has 0 aromatic carbocycles. The van der Waals surface area contributed by atoms with Crippen molar-refractivity contribution in [3.63, 3.8) is 0 Å². The van der Waals surface area contributed by atoms with Gasteiger partial charge in [0, 0.05) is 28.8 Å². The van der Waals surface area contributed by atoms with E-state index in [0.29, 0.717) is 3.90 Å². The largest absolute Gasteiger partial charge is 0.417 e. The Morgan fingerprint density at radius 2 is 1.94 bits per heavy atom. The zero-order valence-electron chi connectivity index (χ0n) is 7.49. The summed E-state index contributed by atoms with van der Waals surface area (Å²) < 4.78 is 42.0. The fourth-order valence-electron chi connectivity index (χ4n) is 0.997. The van der Waals surface area contributed by atoms with Crippen LogP contribution in [-0.2, 0) is 6.18 Å². The minimum absolute atomic E-state index is 0.0955. The van der Waals surface area contributed by atoms with Crippen molar-refractivity contribution >= 4 is 22.6 Å². The maximum absolute atomic E-state index is 12.2. The third-order valence-corrected chi connectivity index (χ3v) is 2.15. The van der Waals surface area contributed by atoms with Crippen molar-refractivity contribution in [1.29, 1.82) is 0 Å². The standard InChI is InChI=1S/C8H3F3IN3O/c9-8(10,11)4-1-2-5(13-3-4)6-14-15-7(12)16-6/h1-3H. The molecular formula is C8H3F3IN3O. The molecule has 2 heterocycles. The molecule has 2 rings (SSSR count). The molecule has 0 amide bonds. The first-order chi connectivity index (χ1) is 7.47. The maximum Gasteiger partial charge on any atom is 0.417 e. The van der Waals surface area contributed by atoms with Crippen molar-refractivity contribution in [2.75, 3.05) is 0 Å². The van der Waals surface area contributed by atoms with Gasteiger partial charge in [0.1, 0.15) is 5.69 Å². The van der Waals surface area contributed by atoms with E-state index in [1.807, 2.05) is 0 Å². The van der Waals surface area contributed by atoms with E-state index in [0.717, 1.165) is 12.3 Å². The van der Waals surface area contributed by atoms with Crippen LogP contribution in [0.15, 0.2) is 22.7 Å². The summed E-state index contributed by atoms with van der Waals surface area (Å²) in [7, 11) is 0. The lowest BCUT2D eigenvalue weighted by molar-refractivity contribution is -0.137. The highest BCUT2D eigenvalue weighted by Crippen LogP contribution is 2.29. The summed E-state index contributed by atoms with van der Waals surface area (Å²) >= 11 is 1.80. The molecule has 0 spiro atoms. The SMILES string of the molecule is FC(F)(F)c1ccc(-c2nnc(I)o2)nc1. The van der Waals surface area contributed by atoms with Crippen molar-refractivity contribution in [1.82, 2.24) is 15.2 Å². The van der Waals surface area contributed by atoms with Crippen LogP contribution >= 0.6 is 22.6 Å². The monoisotopic (exact) mass is 341 g/mol. The third-order valence-electron chi connectivity index (χ3n) is 1.71. The number of nitrogens with zero attached hydrogens (tertiary/aromatic N) is 3. The second-order valence-electron chi connectivity index (χ2n) is 2.79. The number of rotatable bonds is 1. The van der Waals surface area contributed by atoms with Crippen LogP contribution < -0.4 is 0 Å². The lowest BCUT2D eigenvalue weighted by atomic mass is 10.2. The van der Waals surface area contributed by atoms with E-state index in [2.05, 4.69) is 15.2 Å². The number of pyridine rings is 1. The molecule has 0 N–H and O–H groups in total. The number of halogens is 4. The second-order valence-corrected chi connectivity index (χ2v) is 3.71. The fraction of sp³-hybridized carbons (Fsp3) is 0.125. The number of hydrogen-bond acceptors (Lipinski definition) is 4. The van der Waals surface area contributed by atoms with Crippen molar-refractivity contribution in [2.24, 2.45) is 0 Å². The van der Waals surface area contributed by atoms with Gasteiger partial charge in [-0.3, -0.25) is 4.98 Å². The van der Waals surface area contributed by atoms with Gasteiger partial charge in [-0.05, 0) is 12.1 Å². The van der Waals surface area contributed by atoms with Crippen molar-refractivity contribution in [3.8, 4) is 11.6 Å². The fourth-order valence-corrected chi connectivity index (χ4v) is 1.31. The molecule has 0 aliphatic heterocycles. The normalized spacial score (nSPS) is 11.8. The Kier molecular flexibility index (Phi) is 2.82. The molecule has 0 fully saturated rings. The highest BCUT2D eigenvalue weighted by atomic mass is 127. The van der Waals surface area contributed by atoms with Gasteiger partial charge in [0.25, 0.3) is 9.79 Å². The molecule has 2 aromatic heterocycles. The van der Waals surface area contributed by atoms with E-state index < -0.39 is 11.7 Å². The molecule has 0 bridgehead atoms. The van der Waals surface area contributed by atoms with E-state index in [-0.39, 0.29) is 11.6 Å². The molecule has 4 nitrogen and oxygen atoms in total. The van der Waals surface area contributed by atoms with Crippen LogP contribution in [0.5, 0.6) is 0 Å². The van der Waals surface area contributed by atoms with Crippen molar-refractivity contribution < 1.29 is 17.6 Å². The Morgan fingerprint density at radius 1 is 1.19 bits per heavy atom. The summed E-state index contributed by atoms with van der Waals surface area (Å²) in [6.07, 6.45) is -3.67. The number of alkyl halides is 3. The molecule has 84 valence electrons. The third kappa shape index (κ3) is 2.31. The van der Waals surface area contributed by atoms with Gasteiger partial charge >= 0.3 is 6.18 Å². The average Bonchev–Trinajstić information content (AvgIpc) is 2.64. The predicted octanol–water partition coefficient (Wildman–Crippen LogP) is 2.76. The van der Waals surface area contributed by atoms with Gasteiger partial charge in [-0.25, -0.2) is 0 Å². The quantitative estimate of drug-likeness (QED) is 0.749. The van der Waals surface area contributed by atoms with E-state index >= 15 is 0 Å². The Hall–Kier alpha value is -1.19.